The van der Waals surface area contributed by atoms with Crippen molar-refractivity contribution in [3.05, 3.63) is 36.2 Å². The fourth-order valence-electron chi connectivity index (χ4n) is 4.45. The van der Waals surface area contributed by atoms with Gasteiger partial charge in [0.1, 0.15) is 17.6 Å². The molecule has 4 heterocycles. The highest BCUT2D eigenvalue weighted by molar-refractivity contribution is 6.19. The summed E-state index contributed by atoms with van der Waals surface area (Å²) in [5.41, 5.74) is 8.51. The molecule has 3 aliphatic heterocycles. The number of imidazole rings is 1. The van der Waals surface area contributed by atoms with Gasteiger partial charge in [-0.2, -0.15) is 4.57 Å². The molecule has 162 valence electrons. The number of hydrogen-bond donors (Lipinski definition) is 1. The van der Waals surface area contributed by atoms with Gasteiger partial charge in [-0.1, -0.05) is 17.1 Å². The van der Waals surface area contributed by atoms with Crippen LogP contribution in [0.3, 0.4) is 0 Å². The minimum absolute atomic E-state index is 0.253. The standard InChI is InChI=1S/C21H26N7O3/c1-14-13-27-17-18(23-20(27)28(14)16-6-4-3-5-15(16)22)24(2)21(30)26(19(17)29)8-7-25-9-11-31-12-10-25/h3-6,13,17H,7-12,22H2,1-2H3/q+1. The number of nitrogens with zero attached hydrogens (tertiary/aromatic N) is 6. The number of likely N-dealkylation sites (N-methyl/N-ethyl adjacent to an activating group) is 1. The van der Waals surface area contributed by atoms with Crippen molar-refractivity contribution >= 4 is 29.4 Å². The number of nitrogen functional groups attached to an aromatic ring is 1. The lowest BCUT2D eigenvalue weighted by Gasteiger charge is -2.35. The third kappa shape index (κ3) is 3.10. The predicted octanol–water partition coefficient (Wildman–Crippen LogP) is 0.466. The maximum Gasteiger partial charge on any atom is 0.407 e. The molecule has 0 aliphatic carbocycles. The van der Waals surface area contributed by atoms with E-state index in [0.29, 0.717) is 43.8 Å². The minimum atomic E-state index is -0.660. The molecule has 1 aromatic heterocycles. The quantitative estimate of drug-likeness (QED) is 0.568. The Balaban J connectivity index is 1.48. The van der Waals surface area contributed by atoms with Crippen molar-refractivity contribution in [3.8, 4) is 5.69 Å². The van der Waals surface area contributed by atoms with E-state index >= 15 is 0 Å². The van der Waals surface area contributed by atoms with E-state index in [9.17, 15) is 9.59 Å². The number of morpholine rings is 1. The molecule has 1 aromatic carbocycles. The molecule has 0 bridgehead atoms. The molecule has 3 aliphatic rings. The van der Waals surface area contributed by atoms with Gasteiger partial charge in [-0.05, 0) is 19.1 Å². The van der Waals surface area contributed by atoms with E-state index in [1.165, 1.54) is 9.80 Å². The molecule has 10 heteroatoms. The molecule has 2 saturated heterocycles. The lowest BCUT2D eigenvalue weighted by Crippen LogP contribution is -2.63. The van der Waals surface area contributed by atoms with Crippen LogP contribution in [0.15, 0.2) is 35.5 Å². The van der Waals surface area contributed by atoms with Crippen LogP contribution in [0.1, 0.15) is 11.7 Å². The highest BCUT2D eigenvalue weighted by Crippen LogP contribution is 2.32. The third-order valence-electron chi connectivity index (χ3n) is 6.13. The van der Waals surface area contributed by atoms with Crippen molar-refractivity contribution < 1.29 is 18.9 Å². The van der Waals surface area contributed by atoms with Crippen LogP contribution < -0.4 is 10.3 Å². The Morgan fingerprint density at radius 1 is 1.19 bits per heavy atom. The number of aromatic nitrogens is 2. The van der Waals surface area contributed by atoms with Gasteiger partial charge in [0, 0.05) is 33.2 Å². The summed E-state index contributed by atoms with van der Waals surface area (Å²) >= 11 is 0. The first-order chi connectivity index (χ1) is 15.0. The summed E-state index contributed by atoms with van der Waals surface area (Å²) in [6.07, 6.45) is 1.89. The highest BCUT2D eigenvalue weighted by atomic mass is 16.5. The van der Waals surface area contributed by atoms with Gasteiger partial charge in [0.2, 0.25) is 11.9 Å². The number of para-hydroxylation sites is 2. The first-order valence-corrected chi connectivity index (χ1v) is 10.4. The molecule has 2 fully saturated rings. The lowest BCUT2D eigenvalue weighted by molar-refractivity contribution is -0.676. The van der Waals surface area contributed by atoms with Crippen molar-refractivity contribution in [1.29, 1.82) is 0 Å². The number of urea groups is 1. The maximum absolute atomic E-state index is 13.4. The number of ether oxygens (including phenoxy) is 1. The van der Waals surface area contributed by atoms with Gasteiger partial charge in [0.25, 0.3) is 5.91 Å². The van der Waals surface area contributed by atoms with E-state index in [4.69, 9.17) is 15.5 Å². The second-order valence-corrected chi connectivity index (χ2v) is 8.03. The first kappa shape index (κ1) is 19.7. The minimum Gasteiger partial charge on any atom is -0.396 e. The van der Waals surface area contributed by atoms with Crippen molar-refractivity contribution in [2.24, 2.45) is 4.99 Å². The van der Waals surface area contributed by atoms with Crippen molar-refractivity contribution in [1.82, 2.24) is 19.3 Å². The average molecular weight is 424 g/mol. The van der Waals surface area contributed by atoms with E-state index in [1.807, 2.05) is 46.5 Å². The summed E-state index contributed by atoms with van der Waals surface area (Å²) in [7, 11) is 1.67. The topological polar surface area (TPSA) is 100 Å². The molecule has 10 nitrogen and oxygen atoms in total. The number of carbonyl (C=O) groups is 2. The summed E-state index contributed by atoms with van der Waals surface area (Å²) < 4.78 is 9.14. The molecule has 2 aromatic rings. The molecule has 0 radical (unpaired) electrons. The number of hydrogen-bond acceptors (Lipinski definition) is 6. The zero-order chi connectivity index (χ0) is 21.7. The van der Waals surface area contributed by atoms with Crippen LogP contribution in [0, 0.1) is 6.92 Å². The van der Waals surface area contributed by atoms with Crippen LogP contribution in [0.2, 0.25) is 0 Å². The van der Waals surface area contributed by atoms with Gasteiger partial charge >= 0.3 is 12.0 Å². The molecule has 5 rings (SSSR count). The fraction of sp³-hybridized carbons (Fsp3) is 0.429. The first-order valence-electron chi connectivity index (χ1n) is 10.4. The number of aryl methyl sites for hydroxylation is 1. The molecule has 3 amide bonds. The van der Waals surface area contributed by atoms with Gasteiger partial charge in [-0.15, -0.1) is 0 Å². The summed E-state index contributed by atoms with van der Waals surface area (Å²) in [6.45, 7) is 5.89. The number of amidine groups is 1. The van der Waals surface area contributed by atoms with Crippen molar-refractivity contribution in [2.75, 3.05) is 52.2 Å². The number of fused-ring (bicyclic) bond motifs is 3. The molecule has 0 spiro atoms. The number of rotatable bonds is 4. The lowest BCUT2D eigenvalue weighted by atomic mass is 10.1. The van der Waals surface area contributed by atoms with Gasteiger partial charge in [-0.25, -0.2) is 9.36 Å². The van der Waals surface area contributed by atoms with Crippen LogP contribution in [0.4, 0.5) is 16.4 Å². The Morgan fingerprint density at radius 3 is 2.68 bits per heavy atom. The molecule has 31 heavy (non-hydrogen) atoms. The van der Waals surface area contributed by atoms with Gasteiger partial charge < -0.3 is 10.5 Å². The second kappa shape index (κ2) is 7.47. The number of amides is 3. The van der Waals surface area contributed by atoms with Crippen LogP contribution in [-0.4, -0.2) is 83.5 Å². The smallest absolute Gasteiger partial charge is 0.396 e. The van der Waals surface area contributed by atoms with Crippen molar-refractivity contribution in [3.63, 3.8) is 0 Å². The zero-order valence-electron chi connectivity index (χ0n) is 17.7. The summed E-state index contributed by atoms with van der Waals surface area (Å²) in [5, 5.41) is 0. The van der Waals surface area contributed by atoms with Gasteiger partial charge in [0.05, 0.1) is 18.9 Å². The zero-order valence-corrected chi connectivity index (χ0v) is 17.7. The number of carbonyl (C=O) groups excluding carboxylic acids is 2. The fourth-order valence-corrected chi connectivity index (χ4v) is 4.45. The van der Waals surface area contributed by atoms with Crippen LogP contribution >= 0.6 is 0 Å². The number of benzene rings is 1. The molecule has 2 N–H and O–H groups in total. The largest absolute Gasteiger partial charge is 0.407 e. The molecule has 1 atom stereocenters. The van der Waals surface area contributed by atoms with E-state index in [2.05, 4.69) is 4.90 Å². The number of aliphatic imine (C=N–C) groups is 1. The molecular weight excluding hydrogens is 398 g/mol. The van der Waals surface area contributed by atoms with Crippen LogP contribution in [0.25, 0.3) is 5.69 Å². The summed E-state index contributed by atoms with van der Waals surface area (Å²) in [5.74, 6) is 0.770. The van der Waals surface area contributed by atoms with Crippen LogP contribution in [0.5, 0.6) is 0 Å². The average Bonchev–Trinajstić information content (AvgIpc) is 3.28. The van der Waals surface area contributed by atoms with E-state index in [-0.39, 0.29) is 11.9 Å². The van der Waals surface area contributed by atoms with E-state index < -0.39 is 6.04 Å². The molecular formula is C21H26N7O3+. The SMILES string of the molecule is Cc1c[n+]2c(n1-c1ccccc1N)N=C1C2C(=O)N(CCN2CCOCC2)C(=O)N1C. The number of nitrogens with two attached hydrogens (primary N) is 1. The predicted molar refractivity (Wildman–Crippen MR) is 113 cm³/mol. The van der Waals surface area contributed by atoms with Gasteiger partial charge in [0.15, 0.2) is 0 Å². The Kier molecular flexibility index (Phi) is 4.75. The monoisotopic (exact) mass is 424 g/mol. The Labute approximate surface area is 180 Å². The van der Waals surface area contributed by atoms with Crippen LogP contribution in [-0.2, 0) is 9.53 Å². The Morgan fingerprint density at radius 2 is 1.94 bits per heavy atom. The number of imide groups is 1. The maximum atomic E-state index is 13.4. The Bertz CT molecular complexity index is 1090. The normalized spacial score (nSPS) is 21.4. The third-order valence-corrected chi connectivity index (χ3v) is 6.13. The highest BCUT2D eigenvalue weighted by Gasteiger charge is 2.53. The number of anilines is 1. The summed E-state index contributed by atoms with van der Waals surface area (Å²) in [6, 6.07) is 6.52. The van der Waals surface area contributed by atoms with E-state index in [1.54, 1.807) is 7.05 Å². The molecule has 1 unspecified atom stereocenters. The second-order valence-electron chi connectivity index (χ2n) is 8.03. The summed E-state index contributed by atoms with van der Waals surface area (Å²) in [4.78, 5) is 36.1. The van der Waals surface area contributed by atoms with E-state index in [0.717, 1.165) is 24.5 Å². The van der Waals surface area contributed by atoms with Gasteiger partial charge in [-0.3, -0.25) is 19.5 Å². The van der Waals surface area contributed by atoms with Crippen molar-refractivity contribution in [2.45, 2.75) is 13.0 Å². The Hall–Kier alpha value is -3.24. The molecule has 0 saturated carbocycles.